The van der Waals surface area contributed by atoms with Crippen molar-refractivity contribution in [3.63, 3.8) is 0 Å². The first-order valence-electron chi connectivity index (χ1n) is 12.9. The van der Waals surface area contributed by atoms with Crippen molar-refractivity contribution in [2.45, 2.75) is 33.4 Å². The number of allylic oxidation sites excluding steroid dienone is 1. The first kappa shape index (κ1) is 31.2. The molecule has 1 aliphatic heterocycles. The van der Waals surface area contributed by atoms with E-state index in [1.807, 2.05) is 55.5 Å². The van der Waals surface area contributed by atoms with Crippen LogP contribution in [-0.4, -0.2) is 17.1 Å². The predicted molar refractivity (Wildman–Crippen MR) is 184 cm³/mol. The van der Waals surface area contributed by atoms with Gasteiger partial charge in [0.1, 0.15) is 12.4 Å². The van der Waals surface area contributed by atoms with E-state index >= 15 is 0 Å². The summed E-state index contributed by atoms with van der Waals surface area (Å²) in [5.74, 6) is 0.272. The smallest absolute Gasteiger partial charge is 0.338 e. The summed E-state index contributed by atoms with van der Waals surface area (Å²) in [6.45, 7) is 6.10. The third-order valence-corrected chi connectivity index (χ3v) is 9.92. The van der Waals surface area contributed by atoms with Crippen LogP contribution in [0.4, 0.5) is 0 Å². The fourth-order valence-corrected chi connectivity index (χ4v) is 8.09. The van der Waals surface area contributed by atoms with Crippen LogP contribution in [0.2, 0.25) is 10.0 Å². The summed E-state index contributed by atoms with van der Waals surface area (Å²) in [5.41, 5.74) is 4.34. The largest absolute Gasteiger partial charge is 0.487 e. The summed E-state index contributed by atoms with van der Waals surface area (Å²) in [4.78, 5) is 32.2. The molecule has 5 rings (SSSR count). The molecule has 0 N–H and O–H groups in total. The van der Waals surface area contributed by atoms with Gasteiger partial charge in [0, 0.05) is 0 Å². The second kappa shape index (κ2) is 13.2. The zero-order chi connectivity index (χ0) is 30.1. The van der Waals surface area contributed by atoms with E-state index < -0.39 is 12.0 Å². The van der Waals surface area contributed by atoms with Gasteiger partial charge >= 0.3 is 5.97 Å². The molecule has 0 unspecified atom stereocenters. The van der Waals surface area contributed by atoms with Crippen molar-refractivity contribution in [2.75, 3.05) is 6.61 Å². The first-order chi connectivity index (χ1) is 20.1. The number of benzene rings is 3. The van der Waals surface area contributed by atoms with Crippen LogP contribution < -0.4 is 19.6 Å². The van der Waals surface area contributed by atoms with Crippen LogP contribution in [0, 0.1) is 14.1 Å². The number of carbonyl (C=O) groups excluding carboxylic acids is 1. The summed E-state index contributed by atoms with van der Waals surface area (Å²) in [6.07, 6.45) is 1.85. The molecular weight excluding hydrogens is 821 g/mol. The van der Waals surface area contributed by atoms with E-state index in [1.54, 1.807) is 30.5 Å². The highest BCUT2D eigenvalue weighted by atomic mass is 127. The van der Waals surface area contributed by atoms with E-state index in [9.17, 15) is 9.59 Å². The van der Waals surface area contributed by atoms with Crippen LogP contribution in [-0.2, 0) is 16.1 Å². The minimum absolute atomic E-state index is 0.219. The van der Waals surface area contributed by atoms with Crippen molar-refractivity contribution in [3.8, 4) is 5.75 Å². The molecule has 0 bridgehead atoms. The maximum absolute atomic E-state index is 13.9. The molecule has 0 spiro atoms. The van der Waals surface area contributed by atoms with E-state index in [4.69, 9.17) is 32.7 Å². The fraction of sp³-hybridized carbons (Fsp3) is 0.194. The van der Waals surface area contributed by atoms with Crippen molar-refractivity contribution in [2.24, 2.45) is 4.99 Å². The number of fused-ring (bicyclic) bond motifs is 1. The van der Waals surface area contributed by atoms with Crippen molar-refractivity contribution >= 4 is 91.8 Å². The molecule has 2 heterocycles. The number of aryl methyl sites for hydroxylation is 1. The molecule has 0 saturated carbocycles. The Morgan fingerprint density at radius 3 is 2.38 bits per heavy atom. The zero-order valence-corrected chi connectivity index (χ0v) is 29.4. The quantitative estimate of drug-likeness (QED) is 0.146. The normalized spacial score (nSPS) is 14.9. The molecule has 0 amide bonds. The highest BCUT2D eigenvalue weighted by molar-refractivity contribution is 14.1. The number of thiazole rings is 1. The van der Waals surface area contributed by atoms with Gasteiger partial charge in [0.25, 0.3) is 5.56 Å². The van der Waals surface area contributed by atoms with Crippen LogP contribution in [0.15, 0.2) is 75.7 Å². The van der Waals surface area contributed by atoms with Crippen LogP contribution in [0.1, 0.15) is 42.1 Å². The summed E-state index contributed by atoms with van der Waals surface area (Å²) < 4.78 is 15.4. The van der Waals surface area contributed by atoms with Gasteiger partial charge in [-0.25, -0.2) is 9.79 Å². The summed E-state index contributed by atoms with van der Waals surface area (Å²) >= 11 is 17.9. The Kier molecular flexibility index (Phi) is 9.83. The molecule has 1 aliphatic rings. The molecule has 1 aromatic heterocycles. The third kappa shape index (κ3) is 6.50. The van der Waals surface area contributed by atoms with Gasteiger partial charge in [-0.1, -0.05) is 70.4 Å². The van der Waals surface area contributed by atoms with E-state index in [-0.39, 0.29) is 12.2 Å². The fourth-order valence-electron chi connectivity index (χ4n) is 4.59. The number of hydrogen-bond acceptors (Lipinski definition) is 6. The number of rotatable bonds is 7. The van der Waals surface area contributed by atoms with Gasteiger partial charge in [-0.15, -0.1) is 0 Å². The molecule has 0 saturated heterocycles. The number of ether oxygens (including phenoxy) is 2. The van der Waals surface area contributed by atoms with Gasteiger partial charge in [0.2, 0.25) is 0 Å². The average molecular weight is 845 g/mol. The minimum atomic E-state index is -0.638. The summed E-state index contributed by atoms with van der Waals surface area (Å²) in [6, 6.07) is 16.5. The predicted octanol–water partition coefficient (Wildman–Crippen LogP) is 7.20. The Morgan fingerprint density at radius 2 is 1.74 bits per heavy atom. The maximum Gasteiger partial charge on any atom is 0.338 e. The van der Waals surface area contributed by atoms with Crippen LogP contribution in [0.5, 0.6) is 5.75 Å². The molecule has 4 aromatic rings. The van der Waals surface area contributed by atoms with Gasteiger partial charge in [-0.05, 0) is 113 Å². The SMILES string of the molecule is CCOC(=O)C1=C(C)N=c2s/c(=C\c3cc(I)c(OCc4ccc(Cl)c(Cl)c4)c(I)c3)c(=O)n2[C@@H]1c1ccc(C)cc1. The van der Waals surface area contributed by atoms with E-state index in [0.29, 0.717) is 37.3 Å². The van der Waals surface area contributed by atoms with E-state index in [2.05, 4.69) is 50.2 Å². The second-order valence-corrected chi connectivity index (χ2v) is 13.7. The van der Waals surface area contributed by atoms with Gasteiger partial charge in [-0.3, -0.25) is 9.36 Å². The van der Waals surface area contributed by atoms with Gasteiger partial charge < -0.3 is 9.47 Å². The standard InChI is InChI=1S/C31H24Cl2I2N2O4S/c1-4-40-30(39)26-17(3)36-31-37(27(26)20-8-5-16(2)6-9-20)29(38)25(42-31)14-19-12-23(34)28(24(35)13-19)41-15-18-7-10-21(32)22(33)11-18/h5-14,27H,4,15H2,1-3H3/b25-14-/t27-/m1/s1. The number of esters is 1. The number of aromatic nitrogens is 1. The van der Waals surface area contributed by atoms with E-state index in [1.165, 1.54) is 11.3 Å². The lowest BCUT2D eigenvalue weighted by Gasteiger charge is -2.24. The number of hydrogen-bond donors (Lipinski definition) is 0. The molecular formula is C31H24Cl2I2N2O4S. The molecule has 42 heavy (non-hydrogen) atoms. The van der Waals surface area contributed by atoms with Crippen molar-refractivity contribution < 1.29 is 14.3 Å². The van der Waals surface area contributed by atoms with Crippen molar-refractivity contribution in [1.82, 2.24) is 4.57 Å². The molecule has 216 valence electrons. The Hall–Kier alpha value is -2.19. The lowest BCUT2D eigenvalue weighted by Crippen LogP contribution is -2.39. The van der Waals surface area contributed by atoms with Crippen molar-refractivity contribution in [3.05, 3.63) is 125 Å². The molecule has 0 fully saturated rings. The number of carbonyl (C=O) groups is 1. The van der Waals surface area contributed by atoms with Crippen molar-refractivity contribution in [1.29, 1.82) is 0 Å². The Balaban J connectivity index is 1.54. The highest BCUT2D eigenvalue weighted by Crippen LogP contribution is 2.32. The number of nitrogens with zero attached hydrogens (tertiary/aromatic N) is 2. The summed E-state index contributed by atoms with van der Waals surface area (Å²) in [7, 11) is 0. The lowest BCUT2D eigenvalue weighted by atomic mass is 9.95. The molecule has 6 nitrogen and oxygen atoms in total. The monoisotopic (exact) mass is 844 g/mol. The molecule has 0 aliphatic carbocycles. The topological polar surface area (TPSA) is 69.9 Å². The highest BCUT2D eigenvalue weighted by Gasteiger charge is 2.33. The van der Waals surface area contributed by atoms with E-state index in [0.717, 1.165) is 35.1 Å². The molecule has 0 radical (unpaired) electrons. The first-order valence-corrected chi connectivity index (χ1v) is 16.6. The minimum Gasteiger partial charge on any atom is -0.487 e. The Morgan fingerprint density at radius 1 is 1.05 bits per heavy atom. The third-order valence-electron chi connectivity index (χ3n) is 6.60. The van der Waals surface area contributed by atoms with Gasteiger partial charge in [0.05, 0.1) is 45.6 Å². The number of halogens is 4. The average Bonchev–Trinajstić information content (AvgIpc) is 3.24. The second-order valence-electron chi connectivity index (χ2n) is 9.56. The van der Waals surface area contributed by atoms with Gasteiger partial charge in [-0.2, -0.15) is 0 Å². The lowest BCUT2D eigenvalue weighted by molar-refractivity contribution is -0.139. The molecule has 11 heteroatoms. The van der Waals surface area contributed by atoms with Crippen LogP contribution in [0.25, 0.3) is 6.08 Å². The summed E-state index contributed by atoms with van der Waals surface area (Å²) in [5, 5.41) is 0.977. The molecule has 3 aromatic carbocycles. The maximum atomic E-state index is 13.9. The zero-order valence-electron chi connectivity index (χ0n) is 22.7. The Labute approximate surface area is 284 Å². The van der Waals surface area contributed by atoms with Crippen LogP contribution in [0.3, 0.4) is 0 Å². The van der Waals surface area contributed by atoms with Crippen LogP contribution >= 0.6 is 79.7 Å². The Bertz CT molecular complexity index is 1890. The van der Waals surface area contributed by atoms with Gasteiger partial charge in [0.15, 0.2) is 4.80 Å². The molecule has 1 atom stereocenters.